The fourth-order valence-corrected chi connectivity index (χ4v) is 2.36. The van der Waals surface area contributed by atoms with E-state index >= 15 is 0 Å². The number of carbonyl (C=O) groups is 1. The number of ether oxygens (including phenoxy) is 1. The van der Waals surface area contributed by atoms with Crippen molar-refractivity contribution in [3.63, 3.8) is 0 Å². The van der Waals surface area contributed by atoms with Gasteiger partial charge >= 0.3 is 0 Å². The molecule has 1 fully saturated rings. The van der Waals surface area contributed by atoms with E-state index in [4.69, 9.17) is 10.00 Å². The number of rotatable bonds is 6. The number of benzene rings is 1. The minimum atomic E-state index is 0.162. The van der Waals surface area contributed by atoms with Gasteiger partial charge in [-0.2, -0.15) is 5.26 Å². The molecule has 1 amide bonds. The van der Waals surface area contributed by atoms with E-state index in [9.17, 15) is 4.79 Å². The molecule has 22 heavy (non-hydrogen) atoms. The third-order valence-electron chi connectivity index (χ3n) is 3.68. The Bertz CT molecular complexity index is 560. The number of methoxy groups -OCH3 is 1. The molecule has 0 aliphatic carbocycles. The van der Waals surface area contributed by atoms with Crippen molar-refractivity contribution in [1.82, 2.24) is 9.80 Å². The van der Waals surface area contributed by atoms with Crippen LogP contribution >= 0.6 is 0 Å². The van der Waals surface area contributed by atoms with Crippen molar-refractivity contribution in [2.24, 2.45) is 0 Å². The van der Waals surface area contributed by atoms with Crippen LogP contribution in [0.4, 0.5) is 0 Å². The summed E-state index contributed by atoms with van der Waals surface area (Å²) in [4.78, 5) is 16.0. The Kier molecular flexibility index (Phi) is 6.13. The minimum absolute atomic E-state index is 0.162. The maximum absolute atomic E-state index is 12.0. The smallest absolute Gasteiger partial charge is 0.236 e. The molecule has 5 nitrogen and oxygen atoms in total. The molecule has 2 rings (SSSR count). The summed E-state index contributed by atoms with van der Waals surface area (Å²) in [6.45, 7) is 4.11. The third-order valence-corrected chi connectivity index (χ3v) is 3.68. The monoisotopic (exact) mass is 299 g/mol. The zero-order valence-electron chi connectivity index (χ0n) is 12.9. The lowest BCUT2D eigenvalue weighted by Gasteiger charge is -2.33. The molecule has 0 N–H and O–H groups in total. The summed E-state index contributed by atoms with van der Waals surface area (Å²) in [6, 6.07) is 9.55. The lowest BCUT2D eigenvalue weighted by Crippen LogP contribution is -2.51. The quantitative estimate of drug-likeness (QED) is 0.796. The van der Waals surface area contributed by atoms with Gasteiger partial charge in [-0.15, -0.1) is 0 Å². The molecule has 0 atom stereocenters. The molecule has 1 saturated heterocycles. The summed E-state index contributed by atoms with van der Waals surface area (Å²) in [7, 11) is 1.65. The van der Waals surface area contributed by atoms with Crippen LogP contribution in [0.15, 0.2) is 30.3 Å². The van der Waals surface area contributed by atoms with Crippen LogP contribution in [0.5, 0.6) is 0 Å². The van der Waals surface area contributed by atoms with Gasteiger partial charge in [0.05, 0.1) is 24.8 Å². The second-order valence-corrected chi connectivity index (χ2v) is 5.24. The molecule has 5 heteroatoms. The van der Waals surface area contributed by atoms with Crippen molar-refractivity contribution in [3.8, 4) is 6.07 Å². The van der Waals surface area contributed by atoms with E-state index < -0.39 is 0 Å². The van der Waals surface area contributed by atoms with Crippen molar-refractivity contribution in [3.05, 3.63) is 41.5 Å². The van der Waals surface area contributed by atoms with Gasteiger partial charge in [-0.3, -0.25) is 9.69 Å². The topological polar surface area (TPSA) is 56.6 Å². The van der Waals surface area contributed by atoms with Gasteiger partial charge in [0, 0.05) is 33.3 Å². The van der Waals surface area contributed by atoms with Crippen LogP contribution in [0, 0.1) is 11.3 Å². The second kappa shape index (κ2) is 8.32. The fourth-order valence-electron chi connectivity index (χ4n) is 2.36. The highest BCUT2D eigenvalue weighted by Crippen LogP contribution is 2.07. The average Bonchev–Trinajstić information content (AvgIpc) is 2.55. The van der Waals surface area contributed by atoms with E-state index in [-0.39, 0.29) is 5.91 Å². The lowest BCUT2D eigenvalue weighted by atomic mass is 10.1. The van der Waals surface area contributed by atoms with Gasteiger partial charge in [0.15, 0.2) is 0 Å². The first-order valence-corrected chi connectivity index (χ1v) is 7.38. The lowest BCUT2D eigenvalue weighted by molar-refractivity contribution is -0.136. The molecule has 0 unspecified atom stereocenters. The molecule has 1 aliphatic rings. The number of hydrogen-bond donors (Lipinski definition) is 0. The predicted molar refractivity (Wildman–Crippen MR) is 85.1 cm³/mol. The summed E-state index contributed by atoms with van der Waals surface area (Å²) < 4.78 is 5.01. The van der Waals surface area contributed by atoms with Crippen LogP contribution < -0.4 is 0 Å². The Balaban J connectivity index is 1.79. The van der Waals surface area contributed by atoms with E-state index in [1.165, 1.54) is 0 Å². The first kappa shape index (κ1) is 16.2. The van der Waals surface area contributed by atoms with Crippen molar-refractivity contribution in [2.45, 2.75) is 0 Å². The molecule has 1 aliphatic heterocycles. The Labute approximate surface area is 131 Å². The number of carbonyl (C=O) groups excluding carboxylic acids is 1. The van der Waals surface area contributed by atoms with E-state index in [2.05, 4.69) is 17.0 Å². The SMILES string of the molecule is COCCN1CCN(CC=Cc2ccc(C#N)cc2)CC1=O. The fraction of sp³-hybridized carbons (Fsp3) is 0.412. The molecular weight excluding hydrogens is 278 g/mol. The number of nitrogens with zero attached hydrogens (tertiary/aromatic N) is 3. The van der Waals surface area contributed by atoms with Gasteiger partial charge < -0.3 is 9.64 Å². The number of nitriles is 1. The predicted octanol–water partition coefficient (Wildman–Crippen LogP) is 1.36. The van der Waals surface area contributed by atoms with Gasteiger partial charge in [-0.05, 0) is 17.7 Å². The van der Waals surface area contributed by atoms with Crippen molar-refractivity contribution >= 4 is 12.0 Å². The van der Waals surface area contributed by atoms with Crippen LogP contribution in [-0.2, 0) is 9.53 Å². The van der Waals surface area contributed by atoms with E-state index in [0.717, 1.165) is 25.2 Å². The zero-order valence-corrected chi connectivity index (χ0v) is 12.9. The maximum Gasteiger partial charge on any atom is 0.236 e. The summed E-state index contributed by atoms with van der Waals surface area (Å²) in [5.41, 5.74) is 1.72. The number of amides is 1. The van der Waals surface area contributed by atoms with Crippen molar-refractivity contribution in [2.75, 3.05) is 46.4 Å². The van der Waals surface area contributed by atoms with Gasteiger partial charge in [0.2, 0.25) is 5.91 Å². The molecule has 1 aromatic rings. The normalized spacial score (nSPS) is 16.2. The molecule has 0 radical (unpaired) electrons. The summed E-state index contributed by atoms with van der Waals surface area (Å²) in [6.07, 6.45) is 4.07. The van der Waals surface area contributed by atoms with Crippen LogP contribution in [0.1, 0.15) is 11.1 Å². The molecule has 0 bridgehead atoms. The summed E-state index contributed by atoms with van der Waals surface area (Å²) in [5, 5.41) is 8.76. The highest BCUT2D eigenvalue weighted by atomic mass is 16.5. The molecule has 116 valence electrons. The largest absolute Gasteiger partial charge is 0.383 e. The standard InChI is InChI=1S/C17H21N3O2/c1-22-12-11-20-10-9-19(14-17(20)21)8-2-3-15-4-6-16(13-18)7-5-15/h2-7H,8-12,14H2,1H3. The van der Waals surface area contributed by atoms with Gasteiger partial charge in [-0.1, -0.05) is 24.3 Å². The van der Waals surface area contributed by atoms with E-state index in [1.54, 1.807) is 19.2 Å². The van der Waals surface area contributed by atoms with Crippen LogP contribution in [-0.4, -0.2) is 62.1 Å². The van der Waals surface area contributed by atoms with Crippen molar-refractivity contribution in [1.29, 1.82) is 5.26 Å². The van der Waals surface area contributed by atoms with Crippen LogP contribution in [0.2, 0.25) is 0 Å². The molecular formula is C17H21N3O2. The number of hydrogen-bond acceptors (Lipinski definition) is 4. The minimum Gasteiger partial charge on any atom is -0.383 e. The highest BCUT2D eigenvalue weighted by Gasteiger charge is 2.22. The first-order chi connectivity index (χ1) is 10.7. The molecule has 0 saturated carbocycles. The highest BCUT2D eigenvalue weighted by molar-refractivity contribution is 5.79. The van der Waals surface area contributed by atoms with Crippen LogP contribution in [0.3, 0.4) is 0 Å². The van der Waals surface area contributed by atoms with Gasteiger partial charge in [0.25, 0.3) is 0 Å². The Hall–Kier alpha value is -2.16. The molecule has 1 aromatic carbocycles. The van der Waals surface area contributed by atoms with Gasteiger partial charge in [-0.25, -0.2) is 0 Å². The zero-order chi connectivity index (χ0) is 15.8. The summed E-state index contributed by atoms with van der Waals surface area (Å²) in [5.74, 6) is 0.162. The van der Waals surface area contributed by atoms with E-state index in [1.807, 2.05) is 23.1 Å². The Morgan fingerprint density at radius 3 is 2.73 bits per heavy atom. The Morgan fingerprint density at radius 2 is 2.09 bits per heavy atom. The first-order valence-electron chi connectivity index (χ1n) is 7.38. The van der Waals surface area contributed by atoms with Crippen molar-refractivity contribution < 1.29 is 9.53 Å². The van der Waals surface area contributed by atoms with E-state index in [0.29, 0.717) is 25.3 Å². The van der Waals surface area contributed by atoms with Gasteiger partial charge in [0.1, 0.15) is 0 Å². The number of piperazine rings is 1. The van der Waals surface area contributed by atoms with Crippen LogP contribution in [0.25, 0.3) is 6.08 Å². The Morgan fingerprint density at radius 1 is 1.32 bits per heavy atom. The third kappa shape index (κ3) is 4.69. The molecule has 0 aromatic heterocycles. The second-order valence-electron chi connectivity index (χ2n) is 5.24. The molecule has 0 spiro atoms. The summed E-state index contributed by atoms with van der Waals surface area (Å²) >= 11 is 0. The average molecular weight is 299 g/mol. The maximum atomic E-state index is 12.0. The molecule has 1 heterocycles.